The zero-order valence-corrected chi connectivity index (χ0v) is 12.3. The summed E-state index contributed by atoms with van der Waals surface area (Å²) in [5, 5.41) is 8.72. The molecule has 0 atom stereocenters. The lowest BCUT2D eigenvalue weighted by Crippen LogP contribution is -2.41. The lowest BCUT2D eigenvalue weighted by Gasteiger charge is -2.18. The van der Waals surface area contributed by atoms with Crippen molar-refractivity contribution in [2.75, 3.05) is 13.1 Å². The number of amides is 2. The minimum atomic E-state index is -1.18. The lowest BCUT2D eigenvalue weighted by molar-refractivity contribution is -0.145. The van der Waals surface area contributed by atoms with Gasteiger partial charge < -0.3 is 15.7 Å². The summed E-state index contributed by atoms with van der Waals surface area (Å²) < 4.78 is 0.905. The summed E-state index contributed by atoms with van der Waals surface area (Å²) in [7, 11) is 0. The summed E-state index contributed by atoms with van der Waals surface area (Å²) in [5.74, 6) is -2.32. The number of primary amides is 1. The van der Waals surface area contributed by atoms with Crippen LogP contribution >= 0.6 is 15.9 Å². The first-order valence-corrected chi connectivity index (χ1v) is 6.70. The van der Waals surface area contributed by atoms with Crippen LogP contribution in [-0.2, 0) is 20.8 Å². The van der Waals surface area contributed by atoms with Crippen LogP contribution in [0.1, 0.15) is 12.0 Å². The van der Waals surface area contributed by atoms with Crippen LogP contribution in [0, 0.1) is 0 Å². The maximum atomic E-state index is 11.9. The number of carboxylic acids is 1. The number of carbonyl (C=O) groups excluding carboxylic acids is 2. The Labute approximate surface area is 124 Å². The van der Waals surface area contributed by atoms with Gasteiger partial charge in [-0.1, -0.05) is 28.1 Å². The van der Waals surface area contributed by atoms with Crippen molar-refractivity contribution >= 4 is 33.7 Å². The predicted octanol–water partition coefficient (Wildman–Crippen LogP) is 0.780. The first-order valence-electron chi connectivity index (χ1n) is 5.91. The van der Waals surface area contributed by atoms with E-state index < -0.39 is 24.3 Å². The van der Waals surface area contributed by atoms with Gasteiger partial charge in [0.05, 0.1) is 6.54 Å². The largest absolute Gasteiger partial charge is 0.480 e. The maximum Gasteiger partial charge on any atom is 0.323 e. The van der Waals surface area contributed by atoms with E-state index in [1.165, 1.54) is 0 Å². The van der Waals surface area contributed by atoms with Gasteiger partial charge >= 0.3 is 5.97 Å². The standard InChI is InChI=1S/C13H15BrN2O4/c14-10-3-1-2-9(6-10)4-5-12(18)16(7-11(15)17)8-13(19)20/h1-3,6H,4-5,7-8H2,(H2,15,17)(H,19,20). The highest BCUT2D eigenvalue weighted by Gasteiger charge is 2.18. The molecule has 0 radical (unpaired) electrons. The van der Waals surface area contributed by atoms with E-state index in [1.54, 1.807) is 0 Å². The number of hydrogen-bond acceptors (Lipinski definition) is 3. The molecule has 0 unspecified atom stereocenters. The molecule has 0 aliphatic carbocycles. The molecule has 0 aliphatic rings. The van der Waals surface area contributed by atoms with E-state index in [2.05, 4.69) is 15.9 Å². The van der Waals surface area contributed by atoms with Crippen molar-refractivity contribution in [2.45, 2.75) is 12.8 Å². The zero-order chi connectivity index (χ0) is 15.1. The number of rotatable bonds is 7. The van der Waals surface area contributed by atoms with Crippen molar-refractivity contribution in [1.82, 2.24) is 4.90 Å². The fourth-order valence-corrected chi connectivity index (χ4v) is 2.13. The molecule has 0 heterocycles. The van der Waals surface area contributed by atoms with E-state index in [0.29, 0.717) is 6.42 Å². The SMILES string of the molecule is NC(=O)CN(CC(=O)O)C(=O)CCc1cccc(Br)c1. The molecule has 0 aliphatic heterocycles. The van der Waals surface area contributed by atoms with Crippen molar-refractivity contribution in [3.63, 3.8) is 0 Å². The molecule has 0 saturated carbocycles. The quantitative estimate of drug-likeness (QED) is 0.764. The Morgan fingerprint density at radius 3 is 2.50 bits per heavy atom. The molecular formula is C13H15BrN2O4. The second kappa shape index (κ2) is 7.64. The molecule has 1 rings (SSSR count). The Kier molecular flexibility index (Phi) is 6.17. The summed E-state index contributed by atoms with van der Waals surface area (Å²) >= 11 is 3.33. The Morgan fingerprint density at radius 1 is 1.25 bits per heavy atom. The topological polar surface area (TPSA) is 101 Å². The van der Waals surface area contributed by atoms with E-state index >= 15 is 0 Å². The Balaban J connectivity index is 2.61. The highest BCUT2D eigenvalue weighted by molar-refractivity contribution is 9.10. The molecule has 0 saturated heterocycles. The normalized spacial score (nSPS) is 10.1. The van der Waals surface area contributed by atoms with Crippen LogP contribution in [0.25, 0.3) is 0 Å². The summed E-state index contributed by atoms with van der Waals surface area (Å²) in [4.78, 5) is 34.4. The monoisotopic (exact) mass is 342 g/mol. The molecule has 1 aromatic rings. The Bertz CT molecular complexity index is 503. The maximum absolute atomic E-state index is 11.9. The van der Waals surface area contributed by atoms with Gasteiger partial charge in [0, 0.05) is 10.9 Å². The van der Waals surface area contributed by atoms with Gasteiger partial charge in [-0.15, -0.1) is 0 Å². The number of aryl methyl sites for hydroxylation is 1. The third-order valence-electron chi connectivity index (χ3n) is 2.54. The first-order chi connectivity index (χ1) is 9.38. The van der Waals surface area contributed by atoms with Crippen LogP contribution in [0.3, 0.4) is 0 Å². The van der Waals surface area contributed by atoms with Crippen molar-refractivity contribution < 1.29 is 19.5 Å². The molecule has 0 fully saturated rings. The number of hydrogen-bond donors (Lipinski definition) is 2. The van der Waals surface area contributed by atoms with Crippen molar-refractivity contribution in [3.8, 4) is 0 Å². The number of aliphatic carboxylic acids is 1. The second-order valence-corrected chi connectivity index (χ2v) is 5.16. The Morgan fingerprint density at radius 2 is 1.95 bits per heavy atom. The molecule has 2 amide bonds. The summed E-state index contributed by atoms with van der Waals surface area (Å²) in [6, 6.07) is 7.47. The number of carboxylic acid groups (broad SMARTS) is 1. The van der Waals surface area contributed by atoms with E-state index in [4.69, 9.17) is 10.8 Å². The molecule has 0 bridgehead atoms. The van der Waals surface area contributed by atoms with Gasteiger partial charge in [-0.25, -0.2) is 0 Å². The fraction of sp³-hybridized carbons (Fsp3) is 0.308. The van der Waals surface area contributed by atoms with Crippen LogP contribution in [0.2, 0.25) is 0 Å². The summed E-state index contributed by atoms with van der Waals surface area (Å²) in [6.07, 6.45) is 0.587. The van der Waals surface area contributed by atoms with Crippen LogP contribution in [0.15, 0.2) is 28.7 Å². The van der Waals surface area contributed by atoms with Crippen molar-refractivity contribution in [3.05, 3.63) is 34.3 Å². The molecule has 3 N–H and O–H groups in total. The van der Waals surface area contributed by atoms with Crippen molar-refractivity contribution in [1.29, 1.82) is 0 Å². The number of benzene rings is 1. The highest BCUT2D eigenvalue weighted by Crippen LogP contribution is 2.13. The smallest absolute Gasteiger partial charge is 0.323 e. The second-order valence-electron chi connectivity index (χ2n) is 4.24. The van der Waals surface area contributed by atoms with Gasteiger partial charge in [0.25, 0.3) is 0 Å². The van der Waals surface area contributed by atoms with Crippen molar-refractivity contribution in [2.24, 2.45) is 5.73 Å². The van der Waals surface area contributed by atoms with Crippen LogP contribution in [0.4, 0.5) is 0 Å². The van der Waals surface area contributed by atoms with E-state index in [-0.39, 0.29) is 13.0 Å². The minimum Gasteiger partial charge on any atom is -0.480 e. The number of carbonyl (C=O) groups is 3. The van der Waals surface area contributed by atoms with Gasteiger partial charge in [0.1, 0.15) is 6.54 Å². The molecule has 0 spiro atoms. The lowest BCUT2D eigenvalue weighted by atomic mass is 10.1. The van der Waals surface area contributed by atoms with Gasteiger partial charge in [0.15, 0.2) is 0 Å². The molecule has 0 aromatic heterocycles. The first kappa shape index (κ1) is 16.2. The van der Waals surface area contributed by atoms with Crippen LogP contribution in [-0.4, -0.2) is 40.9 Å². The number of halogens is 1. The van der Waals surface area contributed by atoms with E-state index in [1.807, 2.05) is 24.3 Å². The molecule has 7 heteroatoms. The Hall–Kier alpha value is -1.89. The molecule has 6 nitrogen and oxygen atoms in total. The van der Waals surface area contributed by atoms with Gasteiger partial charge in [-0.05, 0) is 24.1 Å². The van der Waals surface area contributed by atoms with Gasteiger partial charge in [-0.2, -0.15) is 0 Å². The van der Waals surface area contributed by atoms with Crippen LogP contribution in [0.5, 0.6) is 0 Å². The number of nitrogens with zero attached hydrogens (tertiary/aromatic N) is 1. The third-order valence-corrected chi connectivity index (χ3v) is 3.04. The average molecular weight is 343 g/mol. The highest BCUT2D eigenvalue weighted by atomic mass is 79.9. The molecule has 108 valence electrons. The summed E-state index contributed by atoms with van der Waals surface area (Å²) in [6.45, 7) is -0.913. The van der Waals surface area contributed by atoms with Gasteiger partial charge in [-0.3, -0.25) is 14.4 Å². The van der Waals surface area contributed by atoms with E-state index in [0.717, 1.165) is 14.9 Å². The minimum absolute atomic E-state index is 0.122. The molecule has 20 heavy (non-hydrogen) atoms. The predicted molar refractivity (Wildman–Crippen MR) is 75.9 cm³/mol. The third kappa shape index (κ3) is 5.83. The zero-order valence-electron chi connectivity index (χ0n) is 10.7. The van der Waals surface area contributed by atoms with E-state index in [9.17, 15) is 14.4 Å². The molecule has 1 aromatic carbocycles. The van der Waals surface area contributed by atoms with Crippen LogP contribution < -0.4 is 5.73 Å². The van der Waals surface area contributed by atoms with Gasteiger partial charge in [0.2, 0.25) is 11.8 Å². The number of nitrogens with two attached hydrogens (primary N) is 1. The summed E-state index contributed by atoms with van der Waals surface area (Å²) in [5.41, 5.74) is 5.95. The fourth-order valence-electron chi connectivity index (χ4n) is 1.69. The molecular weight excluding hydrogens is 328 g/mol. The average Bonchev–Trinajstić information content (AvgIpc) is 2.34.